The maximum absolute atomic E-state index is 4.61. The minimum atomic E-state index is 0.454. The summed E-state index contributed by atoms with van der Waals surface area (Å²) in [5, 5.41) is 10.2. The highest BCUT2D eigenvalue weighted by Crippen LogP contribution is 2.33. The van der Waals surface area contributed by atoms with Crippen molar-refractivity contribution in [2.45, 2.75) is 37.8 Å². The van der Waals surface area contributed by atoms with Gasteiger partial charge in [-0.05, 0) is 57.5 Å². The molecule has 3 heterocycles. The Hall–Kier alpha value is -2.93. The fourth-order valence-electron chi connectivity index (χ4n) is 4.51. The van der Waals surface area contributed by atoms with Gasteiger partial charge in [0.25, 0.3) is 0 Å². The first-order chi connectivity index (χ1) is 14.1. The summed E-state index contributed by atoms with van der Waals surface area (Å²) in [7, 11) is 6.30. The molecule has 2 N–H and O–H groups in total. The number of nitrogens with one attached hydrogen (secondary N) is 2. The van der Waals surface area contributed by atoms with Crippen LogP contribution in [0.3, 0.4) is 0 Å². The van der Waals surface area contributed by atoms with Gasteiger partial charge < -0.3 is 15.2 Å². The SMILES string of the molecule is CN(C)C1CCC(Nc2ncnc3[nH]c4ccc(-c5cnn(C)c5)cc4c23)CC1. The average molecular weight is 390 g/mol. The zero-order valence-electron chi connectivity index (χ0n) is 17.2. The normalized spacial score (nSPS) is 20.0. The van der Waals surface area contributed by atoms with Crippen molar-refractivity contribution in [2.24, 2.45) is 7.05 Å². The third-order valence-electron chi connectivity index (χ3n) is 6.20. The summed E-state index contributed by atoms with van der Waals surface area (Å²) in [4.78, 5) is 14.9. The number of hydrogen-bond acceptors (Lipinski definition) is 5. The van der Waals surface area contributed by atoms with Crippen LogP contribution >= 0.6 is 0 Å². The average Bonchev–Trinajstić information content (AvgIpc) is 3.31. The van der Waals surface area contributed by atoms with Gasteiger partial charge in [0.1, 0.15) is 17.8 Å². The van der Waals surface area contributed by atoms with Crippen molar-refractivity contribution in [2.75, 3.05) is 19.4 Å². The quantitative estimate of drug-likeness (QED) is 0.555. The molecule has 1 aliphatic carbocycles. The Kier molecular flexibility index (Phi) is 4.47. The van der Waals surface area contributed by atoms with Crippen LogP contribution in [0.25, 0.3) is 33.1 Å². The van der Waals surface area contributed by atoms with Gasteiger partial charge in [-0.25, -0.2) is 9.97 Å². The first kappa shape index (κ1) is 18.1. The molecule has 0 saturated heterocycles. The Morgan fingerprint density at radius 1 is 1.10 bits per heavy atom. The minimum absolute atomic E-state index is 0.454. The molecule has 0 unspecified atom stereocenters. The molecule has 0 amide bonds. The van der Waals surface area contributed by atoms with Crippen molar-refractivity contribution >= 4 is 27.8 Å². The molecule has 1 fully saturated rings. The zero-order chi connectivity index (χ0) is 20.0. The molecule has 0 bridgehead atoms. The molecular formula is C22H27N7. The molecule has 0 atom stereocenters. The van der Waals surface area contributed by atoms with Gasteiger partial charge in [-0.3, -0.25) is 4.68 Å². The van der Waals surface area contributed by atoms with E-state index in [1.165, 1.54) is 12.8 Å². The van der Waals surface area contributed by atoms with Crippen LogP contribution < -0.4 is 5.32 Å². The van der Waals surface area contributed by atoms with Gasteiger partial charge >= 0.3 is 0 Å². The number of rotatable bonds is 4. The summed E-state index contributed by atoms with van der Waals surface area (Å²) in [6.07, 6.45) is 10.3. The number of aromatic nitrogens is 5. The molecule has 3 aromatic heterocycles. The number of aryl methyl sites for hydroxylation is 1. The number of nitrogens with zero attached hydrogens (tertiary/aromatic N) is 5. The Balaban J connectivity index is 1.50. The van der Waals surface area contributed by atoms with Gasteiger partial charge in [-0.15, -0.1) is 0 Å². The first-order valence-electron chi connectivity index (χ1n) is 10.3. The predicted octanol–water partition coefficient (Wildman–Crippen LogP) is 3.80. The molecule has 0 radical (unpaired) electrons. The summed E-state index contributed by atoms with van der Waals surface area (Å²) in [6, 6.07) is 7.59. The van der Waals surface area contributed by atoms with E-state index in [1.54, 1.807) is 6.33 Å². The fourth-order valence-corrected chi connectivity index (χ4v) is 4.51. The third-order valence-corrected chi connectivity index (χ3v) is 6.20. The Morgan fingerprint density at radius 2 is 1.93 bits per heavy atom. The van der Waals surface area contributed by atoms with Gasteiger partial charge in [0, 0.05) is 41.8 Å². The van der Waals surface area contributed by atoms with Gasteiger partial charge in [0.2, 0.25) is 0 Å². The predicted molar refractivity (Wildman–Crippen MR) is 117 cm³/mol. The maximum atomic E-state index is 4.61. The lowest BCUT2D eigenvalue weighted by molar-refractivity contribution is 0.221. The summed E-state index contributed by atoms with van der Waals surface area (Å²) >= 11 is 0. The number of H-pyrrole nitrogens is 1. The molecule has 0 aliphatic heterocycles. The largest absolute Gasteiger partial charge is 0.367 e. The number of hydrogen-bond donors (Lipinski definition) is 2. The maximum Gasteiger partial charge on any atom is 0.143 e. The van der Waals surface area contributed by atoms with Crippen LogP contribution in [0.15, 0.2) is 36.9 Å². The van der Waals surface area contributed by atoms with E-state index >= 15 is 0 Å². The Labute approximate surface area is 170 Å². The first-order valence-corrected chi connectivity index (χ1v) is 10.3. The van der Waals surface area contributed by atoms with Crippen molar-refractivity contribution < 1.29 is 0 Å². The highest BCUT2D eigenvalue weighted by molar-refractivity contribution is 6.12. The van der Waals surface area contributed by atoms with Gasteiger partial charge in [-0.2, -0.15) is 5.10 Å². The van der Waals surface area contributed by atoms with Crippen LogP contribution in [0.5, 0.6) is 0 Å². The van der Waals surface area contributed by atoms with Crippen LogP contribution in [0.4, 0.5) is 5.82 Å². The van der Waals surface area contributed by atoms with Crippen LogP contribution in [0, 0.1) is 0 Å². The summed E-state index contributed by atoms with van der Waals surface area (Å²) in [5.74, 6) is 0.929. The number of aromatic amines is 1. The van der Waals surface area contributed by atoms with Crippen molar-refractivity contribution in [3.8, 4) is 11.1 Å². The van der Waals surface area contributed by atoms with E-state index in [4.69, 9.17) is 0 Å². The molecule has 5 rings (SSSR count). The van der Waals surface area contributed by atoms with Crippen LogP contribution in [-0.2, 0) is 7.05 Å². The smallest absolute Gasteiger partial charge is 0.143 e. The second-order valence-corrected chi connectivity index (χ2v) is 8.35. The Morgan fingerprint density at radius 3 is 2.66 bits per heavy atom. The molecule has 1 saturated carbocycles. The lowest BCUT2D eigenvalue weighted by Crippen LogP contribution is -2.36. The third kappa shape index (κ3) is 3.35. The molecule has 0 spiro atoms. The molecule has 29 heavy (non-hydrogen) atoms. The van der Waals surface area contributed by atoms with Crippen LogP contribution in [0.1, 0.15) is 25.7 Å². The van der Waals surface area contributed by atoms with Crippen molar-refractivity contribution in [1.82, 2.24) is 29.6 Å². The summed E-state index contributed by atoms with van der Waals surface area (Å²) in [6.45, 7) is 0. The van der Waals surface area contributed by atoms with E-state index in [2.05, 4.69) is 62.6 Å². The lowest BCUT2D eigenvalue weighted by Gasteiger charge is -2.33. The molecule has 4 aromatic rings. The zero-order valence-corrected chi connectivity index (χ0v) is 17.2. The molecule has 1 aliphatic rings. The van der Waals surface area contributed by atoms with Crippen molar-refractivity contribution in [3.63, 3.8) is 0 Å². The van der Waals surface area contributed by atoms with E-state index in [0.29, 0.717) is 12.1 Å². The number of benzene rings is 1. The minimum Gasteiger partial charge on any atom is -0.367 e. The van der Waals surface area contributed by atoms with Crippen molar-refractivity contribution in [3.05, 3.63) is 36.9 Å². The lowest BCUT2D eigenvalue weighted by atomic mass is 9.90. The van der Waals surface area contributed by atoms with E-state index in [9.17, 15) is 0 Å². The summed E-state index contributed by atoms with van der Waals surface area (Å²) in [5.41, 5.74) is 4.21. The van der Waals surface area contributed by atoms with E-state index in [0.717, 1.165) is 51.7 Å². The molecular weight excluding hydrogens is 362 g/mol. The topological polar surface area (TPSA) is 74.7 Å². The second kappa shape index (κ2) is 7.15. The van der Waals surface area contributed by atoms with Gasteiger partial charge in [0.15, 0.2) is 0 Å². The Bertz CT molecular complexity index is 1150. The van der Waals surface area contributed by atoms with E-state index < -0.39 is 0 Å². The van der Waals surface area contributed by atoms with Crippen molar-refractivity contribution in [1.29, 1.82) is 0 Å². The number of fused-ring (bicyclic) bond motifs is 3. The van der Waals surface area contributed by atoms with E-state index in [1.807, 2.05) is 24.1 Å². The van der Waals surface area contributed by atoms with Gasteiger partial charge in [-0.1, -0.05) is 6.07 Å². The van der Waals surface area contributed by atoms with E-state index in [-0.39, 0.29) is 0 Å². The summed E-state index contributed by atoms with van der Waals surface area (Å²) < 4.78 is 1.83. The van der Waals surface area contributed by atoms with Gasteiger partial charge in [0.05, 0.1) is 11.6 Å². The monoisotopic (exact) mass is 389 g/mol. The molecule has 7 heteroatoms. The second-order valence-electron chi connectivity index (χ2n) is 8.35. The standard InChI is InChI=1S/C22H27N7/c1-28(2)17-7-5-16(6-8-17)26-21-20-18-10-14(15-11-25-29(3)12-15)4-9-19(18)27-22(20)24-13-23-21/h4,9-13,16-17H,5-8H2,1-3H3,(H2,23,24,26,27). The molecule has 7 nitrogen and oxygen atoms in total. The number of anilines is 1. The van der Waals surface area contributed by atoms with Crippen LogP contribution in [-0.4, -0.2) is 55.8 Å². The van der Waals surface area contributed by atoms with Crippen LogP contribution in [0.2, 0.25) is 0 Å². The fraction of sp³-hybridized carbons (Fsp3) is 0.409. The highest BCUT2D eigenvalue weighted by atomic mass is 15.2. The molecule has 1 aromatic carbocycles. The molecule has 150 valence electrons. The highest BCUT2D eigenvalue weighted by Gasteiger charge is 2.23.